The van der Waals surface area contributed by atoms with Gasteiger partial charge in [-0.1, -0.05) is 13.8 Å². The zero-order chi connectivity index (χ0) is 18.6. The van der Waals surface area contributed by atoms with E-state index < -0.39 is 12.1 Å². The molecule has 26 heavy (non-hydrogen) atoms. The van der Waals surface area contributed by atoms with Gasteiger partial charge in [-0.15, -0.1) is 0 Å². The molecule has 2 atom stereocenters. The maximum Gasteiger partial charge on any atom is 0.325 e. The summed E-state index contributed by atoms with van der Waals surface area (Å²) in [5.74, 6) is 2.00. The van der Waals surface area contributed by atoms with E-state index in [1.54, 1.807) is 0 Å². The number of carbonyl (C=O) groups excluding carboxylic acids is 3. The van der Waals surface area contributed by atoms with Gasteiger partial charge in [0.15, 0.2) is 0 Å². The molecule has 5 fully saturated rings. The zero-order valence-electron chi connectivity index (χ0n) is 16.1. The lowest BCUT2D eigenvalue weighted by Gasteiger charge is -2.59. The standard InChI is InChI=1S/C20H31N3O3/c1-11(2)17-18(25)23(19(26)22-17)10-16(24)21-12(3)20-7-13-4-14(8-20)6-15(5-13)9-20/h11-15,17H,4-10H2,1-3H3,(H,21,24)(H,22,26). The molecule has 2 N–H and O–H groups in total. The molecule has 4 aliphatic carbocycles. The van der Waals surface area contributed by atoms with Gasteiger partial charge >= 0.3 is 6.03 Å². The summed E-state index contributed by atoms with van der Waals surface area (Å²) in [5.41, 5.74) is 0.224. The van der Waals surface area contributed by atoms with E-state index >= 15 is 0 Å². The van der Waals surface area contributed by atoms with Crippen molar-refractivity contribution in [2.24, 2.45) is 29.1 Å². The summed E-state index contributed by atoms with van der Waals surface area (Å²) in [6.45, 7) is 5.72. The Kier molecular flexibility index (Phi) is 4.27. The highest BCUT2D eigenvalue weighted by Gasteiger charge is 2.53. The third-order valence-electron chi connectivity index (χ3n) is 7.41. The minimum atomic E-state index is -0.518. The van der Waals surface area contributed by atoms with Crippen molar-refractivity contribution in [3.63, 3.8) is 0 Å². The van der Waals surface area contributed by atoms with Gasteiger partial charge in [0, 0.05) is 6.04 Å². The second kappa shape index (κ2) is 6.24. The minimum absolute atomic E-state index is 0.0189. The highest BCUT2D eigenvalue weighted by atomic mass is 16.2. The molecule has 0 spiro atoms. The Labute approximate surface area is 155 Å². The first-order valence-electron chi connectivity index (χ1n) is 10.2. The number of hydrogen-bond donors (Lipinski definition) is 2. The van der Waals surface area contributed by atoms with Crippen LogP contribution in [0.3, 0.4) is 0 Å². The van der Waals surface area contributed by atoms with E-state index in [0.29, 0.717) is 0 Å². The number of rotatable bonds is 5. The molecule has 6 nitrogen and oxygen atoms in total. The number of hydrogen-bond acceptors (Lipinski definition) is 3. The van der Waals surface area contributed by atoms with Crippen LogP contribution in [-0.4, -0.2) is 41.4 Å². The molecule has 0 aromatic heterocycles. The van der Waals surface area contributed by atoms with Gasteiger partial charge in [-0.3, -0.25) is 14.5 Å². The van der Waals surface area contributed by atoms with Crippen LogP contribution >= 0.6 is 0 Å². The first-order chi connectivity index (χ1) is 12.3. The highest BCUT2D eigenvalue weighted by molar-refractivity contribution is 6.06. The van der Waals surface area contributed by atoms with Crippen molar-refractivity contribution in [3.8, 4) is 0 Å². The van der Waals surface area contributed by atoms with Crippen LogP contribution in [0.2, 0.25) is 0 Å². The fourth-order valence-corrected chi connectivity index (χ4v) is 6.43. The fourth-order valence-electron chi connectivity index (χ4n) is 6.43. The third kappa shape index (κ3) is 2.91. The number of nitrogens with zero attached hydrogens (tertiary/aromatic N) is 1. The van der Waals surface area contributed by atoms with E-state index in [0.717, 1.165) is 22.7 Å². The first-order valence-corrected chi connectivity index (χ1v) is 10.2. The van der Waals surface area contributed by atoms with Crippen LogP contribution in [0.25, 0.3) is 0 Å². The molecule has 2 unspecified atom stereocenters. The molecular formula is C20H31N3O3. The Morgan fingerprint density at radius 2 is 1.65 bits per heavy atom. The van der Waals surface area contributed by atoms with Gasteiger partial charge in [-0.05, 0) is 74.5 Å². The number of amides is 4. The summed E-state index contributed by atoms with van der Waals surface area (Å²) in [4.78, 5) is 38.1. The normalized spacial score (nSPS) is 39.5. The highest BCUT2D eigenvalue weighted by Crippen LogP contribution is 2.61. The summed E-state index contributed by atoms with van der Waals surface area (Å²) in [7, 11) is 0. The van der Waals surface area contributed by atoms with Gasteiger partial charge in [0.25, 0.3) is 5.91 Å². The van der Waals surface area contributed by atoms with Crippen molar-refractivity contribution in [1.29, 1.82) is 0 Å². The third-order valence-corrected chi connectivity index (χ3v) is 7.41. The second-order valence-electron chi connectivity index (χ2n) is 9.66. The van der Waals surface area contributed by atoms with Crippen LogP contribution in [0.15, 0.2) is 0 Å². The number of nitrogens with one attached hydrogen (secondary N) is 2. The molecule has 6 heteroatoms. The largest absolute Gasteiger partial charge is 0.352 e. The molecular weight excluding hydrogens is 330 g/mol. The van der Waals surface area contributed by atoms with E-state index in [2.05, 4.69) is 17.6 Å². The molecule has 1 heterocycles. The SMILES string of the molecule is CC(C)C1NC(=O)N(CC(=O)NC(C)C23CC4CC(CC(C4)C2)C3)C1=O. The molecule has 4 bridgehead atoms. The number of carbonyl (C=O) groups is 3. The van der Waals surface area contributed by atoms with Crippen LogP contribution < -0.4 is 10.6 Å². The van der Waals surface area contributed by atoms with E-state index in [-0.39, 0.29) is 35.7 Å². The van der Waals surface area contributed by atoms with Crippen molar-refractivity contribution in [1.82, 2.24) is 15.5 Å². The maximum atomic E-state index is 12.6. The first kappa shape index (κ1) is 17.8. The number of imide groups is 1. The molecule has 1 aliphatic heterocycles. The average Bonchev–Trinajstić information content (AvgIpc) is 2.82. The maximum absolute atomic E-state index is 12.6. The van der Waals surface area contributed by atoms with Gasteiger partial charge in [0.2, 0.25) is 5.91 Å². The van der Waals surface area contributed by atoms with Gasteiger partial charge in [-0.25, -0.2) is 4.79 Å². The lowest BCUT2D eigenvalue weighted by Crippen LogP contribution is -2.57. The van der Waals surface area contributed by atoms with E-state index in [1.165, 1.54) is 38.5 Å². The van der Waals surface area contributed by atoms with Crippen LogP contribution in [0.5, 0.6) is 0 Å². The Bertz CT molecular complexity index is 595. The Morgan fingerprint density at radius 1 is 1.12 bits per heavy atom. The van der Waals surface area contributed by atoms with Crippen LogP contribution in [0, 0.1) is 29.1 Å². The predicted molar refractivity (Wildman–Crippen MR) is 97.1 cm³/mol. The van der Waals surface area contributed by atoms with Crippen molar-refractivity contribution in [2.45, 2.75) is 71.4 Å². The van der Waals surface area contributed by atoms with Crippen LogP contribution in [0.4, 0.5) is 4.79 Å². The molecule has 4 amide bonds. The smallest absolute Gasteiger partial charge is 0.325 e. The molecule has 1 saturated heterocycles. The molecule has 144 valence electrons. The van der Waals surface area contributed by atoms with Gasteiger partial charge in [-0.2, -0.15) is 0 Å². The summed E-state index contributed by atoms with van der Waals surface area (Å²) in [5, 5.41) is 5.81. The van der Waals surface area contributed by atoms with Crippen LogP contribution in [-0.2, 0) is 9.59 Å². The monoisotopic (exact) mass is 361 g/mol. The molecule has 5 aliphatic rings. The molecule has 5 rings (SSSR count). The quantitative estimate of drug-likeness (QED) is 0.738. The molecule has 0 radical (unpaired) electrons. The second-order valence-corrected chi connectivity index (χ2v) is 9.66. The Balaban J connectivity index is 1.38. The predicted octanol–water partition coefficient (Wildman–Crippen LogP) is 2.28. The van der Waals surface area contributed by atoms with Crippen molar-refractivity contribution in [3.05, 3.63) is 0 Å². The van der Waals surface area contributed by atoms with E-state index in [1.807, 2.05) is 13.8 Å². The Morgan fingerprint density at radius 3 is 2.12 bits per heavy atom. The fraction of sp³-hybridized carbons (Fsp3) is 0.850. The summed E-state index contributed by atoms with van der Waals surface area (Å²) >= 11 is 0. The average molecular weight is 361 g/mol. The molecule has 0 aromatic rings. The lowest BCUT2D eigenvalue weighted by molar-refractivity contribution is -0.134. The zero-order valence-corrected chi connectivity index (χ0v) is 16.1. The van der Waals surface area contributed by atoms with Gasteiger partial charge < -0.3 is 10.6 Å². The lowest BCUT2D eigenvalue weighted by atomic mass is 9.48. The van der Waals surface area contributed by atoms with Crippen molar-refractivity contribution < 1.29 is 14.4 Å². The van der Waals surface area contributed by atoms with E-state index in [4.69, 9.17) is 0 Å². The minimum Gasteiger partial charge on any atom is -0.352 e. The van der Waals surface area contributed by atoms with Gasteiger partial charge in [0.1, 0.15) is 12.6 Å². The van der Waals surface area contributed by atoms with Gasteiger partial charge in [0.05, 0.1) is 0 Å². The topological polar surface area (TPSA) is 78.5 Å². The van der Waals surface area contributed by atoms with Crippen molar-refractivity contribution >= 4 is 17.8 Å². The summed E-state index contributed by atoms with van der Waals surface area (Å²) < 4.78 is 0. The van der Waals surface area contributed by atoms with Crippen LogP contribution in [0.1, 0.15) is 59.3 Å². The van der Waals surface area contributed by atoms with E-state index in [9.17, 15) is 14.4 Å². The molecule has 4 saturated carbocycles. The Hall–Kier alpha value is -1.59. The number of urea groups is 1. The molecule has 0 aromatic carbocycles. The summed E-state index contributed by atoms with van der Waals surface area (Å²) in [6.07, 6.45) is 7.79. The summed E-state index contributed by atoms with van der Waals surface area (Å²) in [6, 6.07) is -0.868. The van der Waals surface area contributed by atoms with Crippen molar-refractivity contribution in [2.75, 3.05) is 6.54 Å².